The van der Waals surface area contributed by atoms with Crippen molar-refractivity contribution in [1.29, 1.82) is 0 Å². The zero-order valence-electron chi connectivity index (χ0n) is 10.2. The van der Waals surface area contributed by atoms with Gasteiger partial charge in [-0.1, -0.05) is 38.1 Å². The highest BCUT2D eigenvalue weighted by Gasteiger charge is 2.27. The van der Waals surface area contributed by atoms with Crippen molar-refractivity contribution < 1.29 is 4.79 Å². The third-order valence-corrected chi connectivity index (χ3v) is 3.68. The van der Waals surface area contributed by atoms with Gasteiger partial charge in [-0.25, -0.2) is 0 Å². The van der Waals surface area contributed by atoms with Crippen molar-refractivity contribution in [2.24, 2.45) is 5.92 Å². The van der Waals surface area contributed by atoms with E-state index in [4.69, 9.17) is 0 Å². The van der Waals surface area contributed by atoms with Gasteiger partial charge in [-0.3, -0.25) is 4.79 Å². The lowest BCUT2D eigenvalue weighted by Gasteiger charge is -2.25. The molecule has 0 spiro atoms. The summed E-state index contributed by atoms with van der Waals surface area (Å²) in [7, 11) is 0. The molecule has 1 heteroatoms. The average molecular weight is 216 g/mol. The molecule has 1 aliphatic rings. The fraction of sp³-hybridized carbons (Fsp3) is 0.533. The molecule has 86 valence electrons. The van der Waals surface area contributed by atoms with Crippen molar-refractivity contribution in [2.75, 3.05) is 0 Å². The number of hydrogen-bond acceptors (Lipinski definition) is 1. The summed E-state index contributed by atoms with van der Waals surface area (Å²) in [6.45, 7) is 4.33. The first-order valence-corrected chi connectivity index (χ1v) is 6.32. The minimum absolute atomic E-state index is 0.169. The molecule has 0 N–H and O–H groups in total. The maximum atomic E-state index is 12.0. The molecule has 1 fully saturated rings. The highest BCUT2D eigenvalue weighted by atomic mass is 16.1. The van der Waals surface area contributed by atoms with Crippen LogP contribution in [-0.4, -0.2) is 5.78 Å². The van der Waals surface area contributed by atoms with E-state index in [9.17, 15) is 4.79 Å². The van der Waals surface area contributed by atoms with Crippen molar-refractivity contribution in [3.63, 3.8) is 0 Å². The van der Waals surface area contributed by atoms with E-state index in [-0.39, 0.29) is 5.92 Å². The molecule has 1 saturated carbocycles. The van der Waals surface area contributed by atoms with Crippen LogP contribution in [0.4, 0.5) is 0 Å². The molecule has 2 rings (SSSR count). The summed E-state index contributed by atoms with van der Waals surface area (Å²) in [4.78, 5) is 12.0. The lowest BCUT2D eigenvalue weighted by molar-refractivity contribution is -0.123. The molecule has 0 unspecified atom stereocenters. The molecule has 1 aliphatic carbocycles. The molecular formula is C15H20O. The molecule has 0 amide bonds. The Morgan fingerprint density at radius 2 is 1.88 bits per heavy atom. The largest absolute Gasteiger partial charge is 0.299 e. The van der Waals surface area contributed by atoms with Gasteiger partial charge in [-0.05, 0) is 36.3 Å². The van der Waals surface area contributed by atoms with Crippen LogP contribution in [0.1, 0.15) is 50.2 Å². The summed E-state index contributed by atoms with van der Waals surface area (Å²) in [5.74, 6) is 1.18. The number of carbonyl (C=O) groups excluding carboxylic acids is 1. The highest BCUT2D eigenvalue weighted by Crippen LogP contribution is 2.32. The van der Waals surface area contributed by atoms with E-state index in [2.05, 4.69) is 38.1 Å². The SMILES string of the molecule is CCc1ccc([C@H]2CC[C@H](C)CC2=O)cc1. The van der Waals surface area contributed by atoms with Gasteiger partial charge in [0, 0.05) is 12.3 Å². The van der Waals surface area contributed by atoms with E-state index in [0.29, 0.717) is 11.7 Å². The molecule has 0 saturated heterocycles. The van der Waals surface area contributed by atoms with Crippen molar-refractivity contribution in [1.82, 2.24) is 0 Å². The maximum Gasteiger partial charge on any atom is 0.140 e. The van der Waals surface area contributed by atoms with Crippen LogP contribution in [0.25, 0.3) is 0 Å². The van der Waals surface area contributed by atoms with Gasteiger partial charge < -0.3 is 0 Å². The summed E-state index contributed by atoms with van der Waals surface area (Å²) in [6, 6.07) is 8.58. The number of ketones is 1. The maximum absolute atomic E-state index is 12.0. The predicted molar refractivity (Wildman–Crippen MR) is 66.6 cm³/mol. The Hall–Kier alpha value is -1.11. The van der Waals surface area contributed by atoms with Crippen LogP contribution in [0, 0.1) is 5.92 Å². The normalized spacial score (nSPS) is 25.8. The van der Waals surface area contributed by atoms with Crippen molar-refractivity contribution in [3.05, 3.63) is 35.4 Å². The third kappa shape index (κ3) is 2.34. The van der Waals surface area contributed by atoms with Crippen molar-refractivity contribution in [2.45, 2.75) is 45.4 Å². The fourth-order valence-electron chi connectivity index (χ4n) is 2.54. The monoisotopic (exact) mass is 216 g/mol. The highest BCUT2D eigenvalue weighted by molar-refractivity contribution is 5.86. The molecule has 0 heterocycles. The van der Waals surface area contributed by atoms with Crippen LogP contribution in [0.5, 0.6) is 0 Å². The van der Waals surface area contributed by atoms with Gasteiger partial charge >= 0.3 is 0 Å². The molecule has 1 nitrogen and oxygen atoms in total. The summed E-state index contributed by atoms with van der Waals surface area (Å²) >= 11 is 0. The quantitative estimate of drug-likeness (QED) is 0.736. The Bertz CT molecular complexity index is 364. The average Bonchev–Trinajstić information content (AvgIpc) is 2.29. The first-order chi connectivity index (χ1) is 7.70. The van der Waals surface area contributed by atoms with Gasteiger partial charge in [0.25, 0.3) is 0 Å². The Morgan fingerprint density at radius 1 is 1.19 bits per heavy atom. The van der Waals surface area contributed by atoms with E-state index in [1.54, 1.807) is 0 Å². The van der Waals surface area contributed by atoms with Crippen LogP contribution < -0.4 is 0 Å². The zero-order chi connectivity index (χ0) is 11.5. The molecule has 16 heavy (non-hydrogen) atoms. The fourth-order valence-corrected chi connectivity index (χ4v) is 2.54. The summed E-state index contributed by atoms with van der Waals surface area (Å²) < 4.78 is 0. The van der Waals surface area contributed by atoms with Crippen LogP contribution in [0.2, 0.25) is 0 Å². The van der Waals surface area contributed by atoms with Crippen molar-refractivity contribution in [3.8, 4) is 0 Å². The third-order valence-electron chi connectivity index (χ3n) is 3.68. The standard InChI is InChI=1S/C15H20O/c1-3-12-5-7-13(8-6-12)14-9-4-11(2)10-15(14)16/h5-8,11,14H,3-4,9-10H2,1-2H3/t11-,14+/m0/s1. The number of carbonyl (C=O) groups is 1. The second-order valence-corrected chi connectivity index (χ2v) is 5.00. The Labute approximate surface area is 97.9 Å². The first-order valence-electron chi connectivity index (χ1n) is 6.32. The van der Waals surface area contributed by atoms with Crippen LogP contribution in [0.15, 0.2) is 24.3 Å². The number of rotatable bonds is 2. The molecule has 1 aromatic carbocycles. The number of benzene rings is 1. The van der Waals surface area contributed by atoms with Crippen molar-refractivity contribution >= 4 is 5.78 Å². The molecular weight excluding hydrogens is 196 g/mol. The lowest BCUT2D eigenvalue weighted by Crippen LogP contribution is -2.21. The molecule has 0 radical (unpaired) electrons. The molecule has 1 aromatic rings. The molecule has 0 bridgehead atoms. The summed E-state index contributed by atoms with van der Waals surface area (Å²) in [6.07, 6.45) is 4.05. The van der Waals surface area contributed by atoms with Gasteiger partial charge in [0.1, 0.15) is 5.78 Å². The molecule has 0 aromatic heterocycles. The number of hydrogen-bond donors (Lipinski definition) is 0. The topological polar surface area (TPSA) is 17.1 Å². The Morgan fingerprint density at radius 3 is 2.44 bits per heavy atom. The predicted octanol–water partition coefficient (Wildman–Crippen LogP) is 3.72. The zero-order valence-corrected chi connectivity index (χ0v) is 10.2. The van der Waals surface area contributed by atoms with Crippen LogP contribution in [0.3, 0.4) is 0 Å². The second kappa shape index (κ2) is 4.82. The van der Waals surface area contributed by atoms with E-state index in [1.165, 1.54) is 17.5 Å². The summed E-state index contributed by atoms with van der Waals surface area (Å²) in [5, 5.41) is 0. The van der Waals surface area contributed by atoms with Gasteiger partial charge in [0.05, 0.1) is 0 Å². The van der Waals surface area contributed by atoms with E-state index >= 15 is 0 Å². The Balaban J connectivity index is 2.14. The summed E-state index contributed by atoms with van der Waals surface area (Å²) in [5.41, 5.74) is 2.56. The molecule has 0 aliphatic heterocycles. The Kier molecular flexibility index (Phi) is 3.42. The van der Waals surface area contributed by atoms with E-state index in [0.717, 1.165) is 19.3 Å². The van der Waals surface area contributed by atoms with Gasteiger partial charge in [-0.2, -0.15) is 0 Å². The van der Waals surface area contributed by atoms with Gasteiger partial charge in [0.2, 0.25) is 0 Å². The van der Waals surface area contributed by atoms with Gasteiger partial charge in [-0.15, -0.1) is 0 Å². The smallest absolute Gasteiger partial charge is 0.140 e. The first kappa shape index (κ1) is 11.4. The number of Topliss-reactive ketones (excluding diaryl/α,β-unsaturated/α-hetero) is 1. The van der Waals surface area contributed by atoms with Crippen LogP contribution in [-0.2, 0) is 11.2 Å². The number of aryl methyl sites for hydroxylation is 1. The minimum atomic E-state index is 0.169. The molecule has 2 atom stereocenters. The van der Waals surface area contributed by atoms with E-state index < -0.39 is 0 Å². The second-order valence-electron chi connectivity index (χ2n) is 5.00. The lowest BCUT2D eigenvalue weighted by atomic mass is 9.78. The minimum Gasteiger partial charge on any atom is -0.299 e. The van der Waals surface area contributed by atoms with Gasteiger partial charge in [0.15, 0.2) is 0 Å². The van der Waals surface area contributed by atoms with Crippen LogP contribution >= 0.6 is 0 Å². The van der Waals surface area contributed by atoms with E-state index in [1.807, 2.05) is 0 Å².